The second-order valence-electron chi connectivity index (χ2n) is 4.38. The van der Waals surface area contributed by atoms with Gasteiger partial charge in [-0.25, -0.2) is 0 Å². The second kappa shape index (κ2) is 5.39. The van der Waals surface area contributed by atoms with Gasteiger partial charge in [0.1, 0.15) is 0 Å². The number of aliphatic hydroxyl groups excluding tert-OH is 1. The Labute approximate surface area is 96.3 Å². The molecule has 0 bridgehead atoms. The van der Waals surface area contributed by atoms with Gasteiger partial charge in [-0.05, 0) is 18.6 Å². The number of nitrogens with one attached hydrogen (secondary N) is 1. The molecule has 1 saturated heterocycles. The van der Waals surface area contributed by atoms with E-state index in [1.807, 2.05) is 12.3 Å². The van der Waals surface area contributed by atoms with Crippen LogP contribution in [0.4, 0.5) is 0 Å². The fourth-order valence-corrected chi connectivity index (χ4v) is 2.21. The van der Waals surface area contributed by atoms with Crippen molar-refractivity contribution in [3.63, 3.8) is 0 Å². The highest BCUT2D eigenvalue weighted by Crippen LogP contribution is 2.14. The molecule has 1 aromatic rings. The van der Waals surface area contributed by atoms with E-state index in [0.717, 1.165) is 19.6 Å². The van der Waals surface area contributed by atoms with Gasteiger partial charge >= 0.3 is 0 Å². The summed E-state index contributed by atoms with van der Waals surface area (Å²) in [7, 11) is 0. The Hall–Kier alpha value is -0.970. The van der Waals surface area contributed by atoms with Gasteiger partial charge in [-0.1, -0.05) is 6.07 Å². The van der Waals surface area contributed by atoms with E-state index in [-0.39, 0.29) is 12.6 Å². The molecule has 4 heteroatoms. The van der Waals surface area contributed by atoms with Crippen LogP contribution in [-0.2, 0) is 6.54 Å². The zero-order valence-electron chi connectivity index (χ0n) is 9.63. The highest BCUT2D eigenvalue weighted by atomic mass is 16.3. The van der Waals surface area contributed by atoms with Gasteiger partial charge in [0.05, 0.1) is 6.61 Å². The van der Waals surface area contributed by atoms with Crippen LogP contribution in [0.2, 0.25) is 0 Å². The summed E-state index contributed by atoms with van der Waals surface area (Å²) < 4.78 is 0. The molecular formula is C12H19N3O. The van der Waals surface area contributed by atoms with Crippen molar-refractivity contribution in [1.29, 1.82) is 0 Å². The molecule has 1 fully saturated rings. The Morgan fingerprint density at radius 3 is 3.12 bits per heavy atom. The molecular weight excluding hydrogens is 202 g/mol. The minimum atomic E-state index is 0.206. The third-order valence-corrected chi connectivity index (χ3v) is 3.15. The van der Waals surface area contributed by atoms with Crippen molar-refractivity contribution in [3.8, 4) is 0 Å². The Kier molecular flexibility index (Phi) is 3.88. The van der Waals surface area contributed by atoms with E-state index in [4.69, 9.17) is 0 Å². The van der Waals surface area contributed by atoms with Gasteiger partial charge in [0.25, 0.3) is 0 Å². The zero-order chi connectivity index (χ0) is 11.4. The van der Waals surface area contributed by atoms with Gasteiger partial charge in [0.2, 0.25) is 0 Å². The number of hydrogen-bond acceptors (Lipinski definition) is 4. The molecule has 1 aliphatic heterocycles. The smallest absolute Gasteiger partial charge is 0.0599 e. The SMILES string of the molecule is CC1CNCC(CO)N1Cc1cccnc1. The molecule has 2 N–H and O–H groups in total. The number of aliphatic hydroxyl groups is 1. The summed E-state index contributed by atoms with van der Waals surface area (Å²) >= 11 is 0. The quantitative estimate of drug-likeness (QED) is 0.767. The van der Waals surface area contributed by atoms with E-state index in [9.17, 15) is 5.11 Å². The normalized spacial score (nSPS) is 26.9. The Morgan fingerprint density at radius 2 is 2.44 bits per heavy atom. The molecule has 88 valence electrons. The standard InChI is InChI=1S/C12H19N3O/c1-10-5-14-7-12(9-16)15(10)8-11-3-2-4-13-6-11/h2-4,6,10,12,14,16H,5,7-9H2,1H3. The predicted molar refractivity (Wildman–Crippen MR) is 63.0 cm³/mol. The first-order valence-corrected chi connectivity index (χ1v) is 5.77. The number of hydrogen-bond donors (Lipinski definition) is 2. The lowest BCUT2D eigenvalue weighted by Crippen LogP contribution is -2.57. The van der Waals surface area contributed by atoms with Crippen LogP contribution < -0.4 is 5.32 Å². The lowest BCUT2D eigenvalue weighted by Gasteiger charge is -2.40. The zero-order valence-corrected chi connectivity index (χ0v) is 9.63. The Morgan fingerprint density at radius 1 is 1.56 bits per heavy atom. The molecule has 0 saturated carbocycles. The van der Waals surface area contributed by atoms with Crippen LogP contribution >= 0.6 is 0 Å². The summed E-state index contributed by atoms with van der Waals surface area (Å²) in [6, 6.07) is 4.70. The summed E-state index contributed by atoms with van der Waals surface area (Å²) in [5.74, 6) is 0. The van der Waals surface area contributed by atoms with Crippen molar-refractivity contribution >= 4 is 0 Å². The van der Waals surface area contributed by atoms with E-state index in [1.54, 1.807) is 6.20 Å². The molecule has 0 spiro atoms. The molecule has 1 aromatic heterocycles. The third kappa shape index (κ3) is 2.58. The molecule has 1 aliphatic rings. The molecule has 2 heterocycles. The topological polar surface area (TPSA) is 48.4 Å². The summed E-state index contributed by atoms with van der Waals surface area (Å²) in [6.07, 6.45) is 3.68. The largest absolute Gasteiger partial charge is 0.395 e. The van der Waals surface area contributed by atoms with E-state index < -0.39 is 0 Å². The molecule has 0 aromatic carbocycles. The Bertz CT molecular complexity index is 317. The molecule has 16 heavy (non-hydrogen) atoms. The summed E-state index contributed by atoms with van der Waals surface area (Å²) in [5.41, 5.74) is 1.20. The minimum absolute atomic E-state index is 0.206. The highest BCUT2D eigenvalue weighted by Gasteiger charge is 2.26. The van der Waals surface area contributed by atoms with Gasteiger partial charge in [-0.2, -0.15) is 0 Å². The first-order valence-electron chi connectivity index (χ1n) is 5.77. The molecule has 2 rings (SSSR count). The van der Waals surface area contributed by atoms with E-state index in [2.05, 4.69) is 28.2 Å². The first-order chi connectivity index (χ1) is 7.81. The fourth-order valence-electron chi connectivity index (χ4n) is 2.21. The number of pyridine rings is 1. The predicted octanol–water partition coefficient (Wildman–Crippen LogP) is 0.236. The van der Waals surface area contributed by atoms with Crippen molar-refractivity contribution in [2.75, 3.05) is 19.7 Å². The van der Waals surface area contributed by atoms with Crippen molar-refractivity contribution < 1.29 is 5.11 Å². The molecule has 0 amide bonds. The van der Waals surface area contributed by atoms with Crippen LogP contribution in [0.3, 0.4) is 0 Å². The molecule has 2 unspecified atom stereocenters. The van der Waals surface area contributed by atoms with E-state index >= 15 is 0 Å². The van der Waals surface area contributed by atoms with Gasteiger partial charge in [-0.3, -0.25) is 9.88 Å². The second-order valence-corrected chi connectivity index (χ2v) is 4.38. The van der Waals surface area contributed by atoms with Crippen LogP contribution in [0.15, 0.2) is 24.5 Å². The van der Waals surface area contributed by atoms with Crippen LogP contribution in [0, 0.1) is 0 Å². The van der Waals surface area contributed by atoms with Crippen molar-refractivity contribution in [3.05, 3.63) is 30.1 Å². The lowest BCUT2D eigenvalue weighted by atomic mass is 10.1. The number of nitrogens with zero attached hydrogens (tertiary/aromatic N) is 2. The summed E-state index contributed by atoms with van der Waals surface area (Å²) in [5, 5.41) is 12.7. The average Bonchev–Trinajstić information content (AvgIpc) is 2.33. The van der Waals surface area contributed by atoms with Crippen LogP contribution in [0.25, 0.3) is 0 Å². The van der Waals surface area contributed by atoms with Gasteiger partial charge in [0, 0.05) is 44.1 Å². The number of aromatic nitrogens is 1. The maximum atomic E-state index is 9.36. The maximum absolute atomic E-state index is 9.36. The minimum Gasteiger partial charge on any atom is -0.395 e. The maximum Gasteiger partial charge on any atom is 0.0599 e. The monoisotopic (exact) mass is 221 g/mol. The van der Waals surface area contributed by atoms with Crippen LogP contribution in [0.5, 0.6) is 0 Å². The molecule has 0 aliphatic carbocycles. The van der Waals surface area contributed by atoms with Gasteiger partial charge in [-0.15, -0.1) is 0 Å². The van der Waals surface area contributed by atoms with Crippen LogP contribution in [0.1, 0.15) is 12.5 Å². The van der Waals surface area contributed by atoms with Crippen molar-refractivity contribution in [2.45, 2.75) is 25.6 Å². The fraction of sp³-hybridized carbons (Fsp3) is 0.583. The average molecular weight is 221 g/mol. The number of rotatable bonds is 3. The number of piperazine rings is 1. The molecule has 4 nitrogen and oxygen atoms in total. The highest BCUT2D eigenvalue weighted by molar-refractivity contribution is 5.09. The Balaban J connectivity index is 2.05. The van der Waals surface area contributed by atoms with Crippen molar-refractivity contribution in [1.82, 2.24) is 15.2 Å². The first kappa shape index (κ1) is 11.5. The van der Waals surface area contributed by atoms with Gasteiger partial charge in [0.15, 0.2) is 0 Å². The van der Waals surface area contributed by atoms with E-state index in [0.29, 0.717) is 6.04 Å². The lowest BCUT2D eigenvalue weighted by molar-refractivity contribution is 0.0564. The van der Waals surface area contributed by atoms with E-state index in [1.165, 1.54) is 5.56 Å². The summed E-state index contributed by atoms with van der Waals surface area (Å²) in [4.78, 5) is 6.46. The van der Waals surface area contributed by atoms with Gasteiger partial charge < -0.3 is 10.4 Å². The molecule has 0 radical (unpaired) electrons. The third-order valence-electron chi connectivity index (χ3n) is 3.15. The summed E-state index contributed by atoms with van der Waals surface area (Å²) in [6.45, 7) is 5.10. The van der Waals surface area contributed by atoms with Crippen LogP contribution in [-0.4, -0.2) is 46.8 Å². The van der Waals surface area contributed by atoms with Crippen molar-refractivity contribution in [2.24, 2.45) is 0 Å². The molecule has 2 atom stereocenters.